The number of amides is 1. The van der Waals surface area contributed by atoms with Crippen LogP contribution in [0.3, 0.4) is 0 Å². The Kier molecular flexibility index (Phi) is 18.8. The van der Waals surface area contributed by atoms with E-state index in [0.717, 1.165) is 12.8 Å². The normalized spacial score (nSPS) is 12.7. The van der Waals surface area contributed by atoms with Gasteiger partial charge in [-0.05, 0) is 6.42 Å². The second kappa shape index (κ2) is 17.3. The zero-order chi connectivity index (χ0) is 18.3. The summed E-state index contributed by atoms with van der Waals surface area (Å²) >= 11 is 0. The minimum Gasteiger partial charge on any atom is -1.00 e. The summed E-state index contributed by atoms with van der Waals surface area (Å²) in [5.41, 5.74) is 6.05. The second-order valence-corrected chi connectivity index (χ2v) is 7.90. The molecule has 0 fully saturated rings. The average Bonchev–Trinajstić information content (AvgIpc) is 2.57. The largest absolute Gasteiger partial charge is 1.00 e. The lowest BCUT2D eigenvalue weighted by Crippen LogP contribution is -3.00. The lowest BCUT2D eigenvalue weighted by atomic mass is 10.0. The molecule has 0 heterocycles. The molecule has 0 aromatic rings. The molecule has 0 aliphatic rings. The molecule has 152 valence electrons. The highest BCUT2D eigenvalue weighted by Gasteiger charge is 2.31. The van der Waals surface area contributed by atoms with Crippen molar-refractivity contribution in [1.82, 2.24) is 0 Å². The van der Waals surface area contributed by atoms with E-state index in [-0.39, 0.29) is 24.5 Å². The van der Waals surface area contributed by atoms with Gasteiger partial charge in [-0.2, -0.15) is 0 Å². The molecule has 4 heteroatoms. The predicted molar refractivity (Wildman–Crippen MR) is 106 cm³/mol. The lowest BCUT2D eigenvalue weighted by molar-refractivity contribution is -0.841. The zero-order valence-corrected chi connectivity index (χ0v) is 18.3. The summed E-state index contributed by atoms with van der Waals surface area (Å²) in [5, 5.41) is 0. The number of carbonyl (C=O) groups excluding carboxylic acids is 1. The Morgan fingerprint density at radius 2 is 1.12 bits per heavy atom. The SMILES string of the molecule is CCCCCCCCCCCCCCCC(=O)[N+](C)(C)C(N)CC.[Cl-]. The smallest absolute Gasteiger partial charge is 0.314 e. The molecule has 0 radical (unpaired) electrons. The summed E-state index contributed by atoms with van der Waals surface area (Å²) < 4.78 is 0.328. The Balaban J connectivity index is 0. The summed E-state index contributed by atoms with van der Waals surface area (Å²) in [6.07, 6.45) is 18.9. The van der Waals surface area contributed by atoms with Crippen LogP contribution in [0, 0.1) is 0 Å². The fraction of sp³-hybridized carbons (Fsp3) is 0.952. The minimum atomic E-state index is -0.0699. The first-order chi connectivity index (χ1) is 11.5. The van der Waals surface area contributed by atoms with Crippen molar-refractivity contribution < 1.29 is 21.7 Å². The van der Waals surface area contributed by atoms with Crippen LogP contribution in [0.1, 0.15) is 110 Å². The molecule has 0 saturated heterocycles. The number of nitrogens with zero attached hydrogens (tertiary/aromatic N) is 1. The van der Waals surface area contributed by atoms with E-state index in [2.05, 4.69) is 6.92 Å². The van der Waals surface area contributed by atoms with Crippen LogP contribution < -0.4 is 18.1 Å². The van der Waals surface area contributed by atoms with E-state index >= 15 is 0 Å². The van der Waals surface area contributed by atoms with Crippen molar-refractivity contribution in [2.75, 3.05) is 14.1 Å². The molecule has 1 unspecified atom stereocenters. The van der Waals surface area contributed by atoms with Crippen molar-refractivity contribution in [3.8, 4) is 0 Å². The Labute approximate surface area is 164 Å². The van der Waals surface area contributed by atoms with Gasteiger partial charge in [0.15, 0.2) is 0 Å². The molecule has 0 rings (SSSR count). The van der Waals surface area contributed by atoms with Crippen molar-refractivity contribution >= 4 is 5.91 Å². The monoisotopic (exact) mass is 376 g/mol. The van der Waals surface area contributed by atoms with Gasteiger partial charge in [-0.3, -0.25) is 10.2 Å². The summed E-state index contributed by atoms with van der Waals surface area (Å²) in [4.78, 5) is 12.3. The number of quaternary nitrogens is 1. The number of nitrogens with two attached hydrogens (primary N) is 1. The highest BCUT2D eigenvalue weighted by atomic mass is 35.5. The van der Waals surface area contributed by atoms with Crippen LogP contribution in [0.5, 0.6) is 0 Å². The lowest BCUT2D eigenvalue weighted by Gasteiger charge is -2.32. The number of hydrogen-bond donors (Lipinski definition) is 1. The summed E-state index contributed by atoms with van der Waals surface area (Å²) in [6, 6.07) is 0. The van der Waals surface area contributed by atoms with Gasteiger partial charge in [0.05, 0.1) is 20.5 Å². The van der Waals surface area contributed by atoms with Crippen LogP contribution >= 0.6 is 0 Å². The van der Waals surface area contributed by atoms with E-state index in [1.54, 1.807) is 0 Å². The molecule has 0 aliphatic carbocycles. The molecule has 0 bridgehead atoms. The highest BCUT2D eigenvalue weighted by molar-refractivity contribution is 5.68. The number of unbranched alkanes of at least 4 members (excludes halogenated alkanes) is 12. The third-order valence-corrected chi connectivity index (χ3v) is 5.38. The van der Waals surface area contributed by atoms with Gasteiger partial charge >= 0.3 is 5.91 Å². The molecule has 0 aromatic carbocycles. The maximum Gasteiger partial charge on any atom is 0.314 e. The second-order valence-electron chi connectivity index (χ2n) is 7.90. The fourth-order valence-corrected chi connectivity index (χ4v) is 3.22. The number of rotatable bonds is 16. The summed E-state index contributed by atoms with van der Waals surface area (Å²) in [5.74, 6) is 0.285. The van der Waals surface area contributed by atoms with E-state index in [1.165, 1.54) is 77.0 Å². The van der Waals surface area contributed by atoms with Crippen molar-refractivity contribution in [2.45, 2.75) is 116 Å². The molecular formula is C21H45ClN2O. The Morgan fingerprint density at radius 1 is 0.760 bits per heavy atom. The highest BCUT2D eigenvalue weighted by Crippen LogP contribution is 2.15. The van der Waals surface area contributed by atoms with Gasteiger partial charge in [-0.25, -0.2) is 4.79 Å². The quantitative estimate of drug-likeness (QED) is 0.256. The topological polar surface area (TPSA) is 43.1 Å². The first-order valence-corrected chi connectivity index (χ1v) is 10.6. The van der Waals surface area contributed by atoms with Gasteiger partial charge in [0.1, 0.15) is 6.17 Å². The van der Waals surface area contributed by atoms with Crippen LogP contribution in [0.15, 0.2) is 0 Å². The standard InChI is InChI=1S/C21H45N2O.ClH/c1-5-7-8-9-10-11-12-13-14-15-16-17-18-19-21(24)23(3,4)20(22)6-2;/h20H,5-19,22H2,1-4H3;1H/q+1;/p-1. The molecular weight excluding hydrogens is 332 g/mol. The molecule has 0 spiro atoms. The third kappa shape index (κ3) is 13.7. The van der Waals surface area contributed by atoms with Crippen molar-refractivity contribution in [3.05, 3.63) is 0 Å². The fourth-order valence-electron chi connectivity index (χ4n) is 3.22. The molecule has 0 saturated carbocycles. The van der Waals surface area contributed by atoms with Crippen LogP contribution in [0.4, 0.5) is 0 Å². The predicted octanol–water partition coefficient (Wildman–Crippen LogP) is 2.77. The molecule has 0 aliphatic heterocycles. The van der Waals surface area contributed by atoms with Crippen molar-refractivity contribution in [3.63, 3.8) is 0 Å². The van der Waals surface area contributed by atoms with Crippen LogP contribution in [0.2, 0.25) is 0 Å². The Bertz CT molecular complexity index is 308. The molecule has 2 N–H and O–H groups in total. The first kappa shape index (κ1) is 27.1. The van der Waals surface area contributed by atoms with E-state index < -0.39 is 0 Å². The Morgan fingerprint density at radius 3 is 1.48 bits per heavy atom. The Hall–Kier alpha value is -0.120. The van der Waals surface area contributed by atoms with Gasteiger partial charge in [-0.15, -0.1) is 0 Å². The van der Waals surface area contributed by atoms with Gasteiger partial charge < -0.3 is 12.4 Å². The number of hydrogen-bond acceptors (Lipinski definition) is 2. The van der Waals surface area contributed by atoms with E-state index in [1.807, 2.05) is 21.0 Å². The van der Waals surface area contributed by atoms with E-state index in [4.69, 9.17) is 5.73 Å². The third-order valence-electron chi connectivity index (χ3n) is 5.38. The van der Waals surface area contributed by atoms with Crippen LogP contribution in [0.25, 0.3) is 0 Å². The average molecular weight is 377 g/mol. The van der Waals surface area contributed by atoms with Gasteiger partial charge in [0.25, 0.3) is 0 Å². The van der Waals surface area contributed by atoms with Crippen molar-refractivity contribution in [1.29, 1.82) is 0 Å². The molecule has 1 atom stereocenters. The van der Waals surface area contributed by atoms with Gasteiger partial charge in [0, 0.05) is 6.42 Å². The van der Waals surface area contributed by atoms with Gasteiger partial charge in [0.2, 0.25) is 0 Å². The maximum atomic E-state index is 12.3. The van der Waals surface area contributed by atoms with Gasteiger partial charge in [-0.1, -0.05) is 90.9 Å². The molecule has 1 amide bonds. The van der Waals surface area contributed by atoms with E-state index in [0.29, 0.717) is 10.9 Å². The number of halogens is 1. The molecule has 25 heavy (non-hydrogen) atoms. The minimum absolute atomic E-state index is 0. The zero-order valence-electron chi connectivity index (χ0n) is 17.5. The summed E-state index contributed by atoms with van der Waals surface area (Å²) in [6.45, 7) is 4.32. The molecule has 0 aromatic heterocycles. The molecule has 3 nitrogen and oxygen atoms in total. The van der Waals surface area contributed by atoms with Crippen LogP contribution in [-0.4, -0.2) is 30.7 Å². The van der Waals surface area contributed by atoms with Crippen molar-refractivity contribution in [2.24, 2.45) is 5.73 Å². The number of carbonyl (C=O) groups is 1. The first-order valence-electron chi connectivity index (χ1n) is 10.6. The van der Waals surface area contributed by atoms with Crippen LogP contribution in [-0.2, 0) is 4.79 Å². The van der Waals surface area contributed by atoms with E-state index in [9.17, 15) is 4.79 Å². The maximum absolute atomic E-state index is 12.3. The summed E-state index contributed by atoms with van der Waals surface area (Å²) in [7, 11) is 3.89.